The standard InChI is InChI=1S/C25H22F4N4O2/c26-21-10-16(24(35)33-18-5-6-18)9-19(20(21)11-30)22-7-4-15(13-31-22)23(34)32-12-14-2-1-3-17(8-14)25(27,28)29/h1-4,7-10,13,18H,5-6,11-12,30H2,(H,32,34)(H,33,35). The van der Waals surface area contributed by atoms with Gasteiger partial charge >= 0.3 is 6.18 Å². The Morgan fingerprint density at radius 3 is 2.43 bits per heavy atom. The van der Waals surface area contributed by atoms with Crippen molar-refractivity contribution in [2.24, 2.45) is 5.73 Å². The Kier molecular flexibility index (Phi) is 6.83. The lowest BCUT2D eigenvalue weighted by molar-refractivity contribution is -0.137. The van der Waals surface area contributed by atoms with E-state index >= 15 is 0 Å². The smallest absolute Gasteiger partial charge is 0.349 e. The van der Waals surface area contributed by atoms with Crippen LogP contribution in [0.15, 0.2) is 54.7 Å². The molecule has 0 radical (unpaired) electrons. The van der Waals surface area contributed by atoms with Crippen molar-refractivity contribution < 1.29 is 27.2 Å². The van der Waals surface area contributed by atoms with Crippen LogP contribution in [0.25, 0.3) is 11.3 Å². The first-order chi connectivity index (χ1) is 16.7. The number of hydrogen-bond acceptors (Lipinski definition) is 4. The number of hydrogen-bond donors (Lipinski definition) is 3. The molecule has 1 saturated carbocycles. The zero-order valence-electron chi connectivity index (χ0n) is 18.5. The lowest BCUT2D eigenvalue weighted by Gasteiger charge is -2.13. The average molecular weight is 486 g/mol. The molecular weight excluding hydrogens is 464 g/mol. The van der Waals surface area contributed by atoms with Gasteiger partial charge in [0, 0.05) is 42.0 Å². The summed E-state index contributed by atoms with van der Waals surface area (Å²) in [4.78, 5) is 29.1. The molecule has 6 nitrogen and oxygen atoms in total. The van der Waals surface area contributed by atoms with Crippen molar-refractivity contribution in [1.29, 1.82) is 0 Å². The number of nitrogens with zero attached hydrogens (tertiary/aromatic N) is 1. The predicted molar refractivity (Wildman–Crippen MR) is 121 cm³/mol. The number of halogens is 4. The first kappa shape index (κ1) is 24.3. The fourth-order valence-electron chi connectivity index (χ4n) is 3.53. The van der Waals surface area contributed by atoms with Gasteiger partial charge in [-0.2, -0.15) is 13.2 Å². The molecule has 1 aromatic heterocycles. The Morgan fingerprint density at radius 2 is 1.80 bits per heavy atom. The molecule has 3 aromatic rings. The van der Waals surface area contributed by atoms with Crippen molar-refractivity contribution >= 4 is 11.8 Å². The quantitative estimate of drug-likeness (QED) is 0.437. The number of rotatable bonds is 7. The third kappa shape index (κ3) is 5.83. The largest absolute Gasteiger partial charge is 0.416 e. The number of aromatic nitrogens is 1. The van der Waals surface area contributed by atoms with Gasteiger partial charge in [0.15, 0.2) is 0 Å². The Morgan fingerprint density at radius 1 is 1.03 bits per heavy atom. The normalized spacial score (nSPS) is 13.4. The predicted octanol–water partition coefficient (Wildman–Crippen LogP) is 4.19. The molecule has 0 unspecified atom stereocenters. The number of pyridine rings is 1. The molecule has 182 valence electrons. The summed E-state index contributed by atoms with van der Waals surface area (Å²) in [5.41, 5.74) is 6.36. The average Bonchev–Trinajstić information content (AvgIpc) is 3.65. The lowest BCUT2D eigenvalue weighted by Crippen LogP contribution is -2.25. The maximum Gasteiger partial charge on any atom is 0.416 e. The highest BCUT2D eigenvalue weighted by molar-refractivity contribution is 5.96. The first-order valence-electron chi connectivity index (χ1n) is 10.9. The summed E-state index contributed by atoms with van der Waals surface area (Å²) in [6, 6.07) is 10.4. The Balaban J connectivity index is 1.50. The lowest BCUT2D eigenvalue weighted by atomic mass is 9.99. The van der Waals surface area contributed by atoms with Crippen LogP contribution >= 0.6 is 0 Å². The molecule has 35 heavy (non-hydrogen) atoms. The number of amides is 2. The summed E-state index contributed by atoms with van der Waals surface area (Å²) in [6.45, 7) is -0.224. The van der Waals surface area contributed by atoms with E-state index in [-0.39, 0.29) is 41.7 Å². The van der Waals surface area contributed by atoms with E-state index in [0.717, 1.165) is 31.0 Å². The SMILES string of the molecule is NCc1c(F)cc(C(=O)NC2CC2)cc1-c1ccc(C(=O)NCc2cccc(C(F)(F)F)c2)cn1. The number of nitrogens with one attached hydrogen (secondary N) is 2. The zero-order valence-corrected chi connectivity index (χ0v) is 18.5. The molecule has 0 aliphatic heterocycles. The third-order valence-electron chi connectivity index (χ3n) is 5.58. The highest BCUT2D eigenvalue weighted by atomic mass is 19.4. The van der Waals surface area contributed by atoms with Crippen molar-refractivity contribution in [3.63, 3.8) is 0 Å². The van der Waals surface area contributed by atoms with Gasteiger partial charge in [-0.25, -0.2) is 4.39 Å². The van der Waals surface area contributed by atoms with E-state index < -0.39 is 23.5 Å². The van der Waals surface area contributed by atoms with Gasteiger partial charge in [-0.3, -0.25) is 14.6 Å². The van der Waals surface area contributed by atoms with Gasteiger partial charge in [0.25, 0.3) is 11.8 Å². The van der Waals surface area contributed by atoms with Crippen LogP contribution in [0.4, 0.5) is 17.6 Å². The summed E-state index contributed by atoms with van der Waals surface area (Å²) >= 11 is 0. The molecular formula is C25H22F4N4O2. The van der Waals surface area contributed by atoms with Crippen LogP contribution in [0.3, 0.4) is 0 Å². The summed E-state index contributed by atoms with van der Waals surface area (Å²) in [7, 11) is 0. The van der Waals surface area contributed by atoms with E-state index in [9.17, 15) is 27.2 Å². The molecule has 0 bridgehead atoms. The third-order valence-corrected chi connectivity index (χ3v) is 5.58. The summed E-state index contributed by atoms with van der Waals surface area (Å²) in [5, 5.41) is 5.36. The van der Waals surface area contributed by atoms with E-state index in [4.69, 9.17) is 5.73 Å². The molecule has 4 N–H and O–H groups in total. The number of nitrogens with two attached hydrogens (primary N) is 1. The molecule has 0 spiro atoms. The molecule has 10 heteroatoms. The molecule has 4 rings (SSSR count). The van der Waals surface area contributed by atoms with Crippen LogP contribution in [0.5, 0.6) is 0 Å². The second kappa shape index (κ2) is 9.83. The van der Waals surface area contributed by atoms with Crippen LogP contribution in [-0.2, 0) is 19.3 Å². The van der Waals surface area contributed by atoms with Crippen molar-refractivity contribution in [1.82, 2.24) is 15.6 Å². The van der Waals surface area contributed by atoms with E-state index in [1.807, 2.05) is 0 Å². The molecule has 1 aliphatic carbocycles. The maximum absolute atomic E-state index is 14.7. The summed E-state index contributed by atoms with van der Waals surface area (Å²) < 4.78 is 53.3. The minimum absolute atomic E-state index is 0.106. The van der Waals surface area contributed by atoms with Crippen LogP contribution in [0.1, 0.15) is 50.2 Å². The first-order valence-corrected chi connectivity index (χ1v) is 10.9. The van der Waals surface area contributed by atoms with Gasteiger partial charge < -0.3 is 16.4 Å². The van der Waals surface area contributed by atoms with Crippen molar-refractivity contribution in [3.05, 3.63) is 88.4 Å². The highest BCUT2D eigenvalue weighted by Crippen LogP contribution is 2.30. The van der Waals surface area contributed by atoms with Gasteiger partial charge in [-0.05, 0) is 54.8 Å². The molecule has 2 aromatic carbocycles. The topological polar surface area (TPSA) is 97.1 Å². The van der Waals surface area contributed by atoms with Gasteiger partial charge in [0.2, 0.25) is 0 Å². The minimum Gasteiger partial charge on any atom is -0.349 e. The van der Waals surface area contributed by atoms with Crippen LogP contribution < -0.4 is 16.4 Å². The van der Waals surface area contributed by atoms with E-state index in [1.54, 1.807) is 0 Å². The van der Waals surface area contributed by atoms with Crippen molar-refractivity contribution in [2.75, 3.05) is 0 Å². The van der Waals surface area contributed by atoms with Crippen LogP contribution in [0, 0.1) is 5.82 Å². The summed E-state index contributed by atoms with van der Waals surface area (Å²) in [6.07, 6.45) is -1.43. The second-order valence-electron chi connectivity index (χ2n) is 8.25. The minimum atomic E-state index is -4.47. The molecule has 0 saturated heterocycles. The second-order valence-corrected chi connectivity index (χ2v) is 8.25. The van der Waals surface area contributed by atoms with Gasteiger partial charge in [-0.15, -0.1) is 0 Å². The Hall–Kier alpha value is -3.79. The molecule has 0 atom stereocenters. The van der Waals surface area contributed by atoms with Crippen LogP contribution in [0.2, 0.25) is 0 Å². The number of benzene rings is 2. The van der Waals surface area contributed by atoms with Crippen molar-refractivity contribution in [3.8, 4) is 11.3 Å². The zero-order chi connectivity index (χ0) is 25.2. The van der Waals surface area contributed by atoms with Gasteiger partial charge in [-0.1, -0.05) is 12.1 Å². The van der Waals surface area contributed by atoms with E-state index in [0.29, 0.717) is 16.8 Å². The Labute approximate surface area is 198 Å². The fourth-order valence-corrected chi connectivity index (χ4v) is 3.53. The monoisotopic (exact) mass is 486 g/mol. The van der Waals surface area contributed by atoms with E-state index in [2.05, 4.69) is 15.6 Å². The van der Waals surface area contributed by atoms with E-state index in [1.165, 1.54) is 36.5 Å². The number of alkyl halides is 3. The number of carbonyl (C=O) groups excluding carboxylic acids is 2. The van der Waals surface area contributed by atoms with Gasteiger partial charge in [0.05, 0.1) is 16.8 Å². The maximum atomic E-state index is 14.7. The highest BCUT2D eigenvalue weighted by Gasteiger charge is 2.30. The molecule has 2 amide bonds. The fraction of sp³-hybridized carbons (Fsp3) is 0.240. The molecule has 1 aliphatic rings. The summed E-state index contributed by atoms with van der Waals surface area (Å²) in [5.74, 6) is -1.55. The molecule has 1 fully saturated rings. The molecule has 1 heterocycles. The van der Waals surface area contributed by atoms with Crippen molar-refractivity contribution in [2.45, 2.75) is 38.1 Å². The van der Waals surface area contributed by atoms with Crippen LogP contribution in [-0.4, -0.2) is 22.8 Å². The van der Waals surface area contributed by atoms with Gasteiger partial charge in [0.1, 0.15) is 5.82 Å². The number of carbonyl (C=O) groups is 2. The Bertz CT molecular complexity index is 1260.